The fourth-order valence-corrected chi connectivity index (χ4v) is 2.35. The molecule has 2 heterocycles. The molecule has 2 aromatic heterocycles. The molecule has 0 aliphatic carbocycles. The van der Waals surface area contributed by atoms with Gasteiger partial charge in [-0.15, -0.1) is 10.2 Å². The smallest absolute Gasteiger partial charge is 0.452 e. The van der Waals surface area contributed by atoms with Gasteiger partial charge in [0.2, 0.25) is 5.82 Å². The molecule has 0 spiro atoms. The summed E-state index contributed by atoms with van der Waals surface area (Å²) in [6, 6.07) is 5.47. The van der Waals surface area contributed by atoms with Crippen LogP contribution in [0.5, 0.6) is 5.75 Å². The van der Waals surface area contributed by atoms with Crippen molar-refractivity contribution in [2.75, 3.05) is 7.11 Å². The standard InChI is InChI=1S/C15H9F6N3O/c1-25-11-6-9(14(16,17)18)3-4-10(11)8-2-5-12-22-23-13(15(19,20)21)24(12)7-8/h2-7H,1H3. The van der Waals surface area contributed by atoms with E-state index in [1.165, 1.54) is 19.2 Å². The summed E-state index contributed by atoms with van der Waals surface area (Å²) in [7, 11) is 1.18. The van der Waals surface area contributed by atoms with Crippen LogP contribution in [0.25, 0.3) is 16.8 Å². The zero-order valence-corrected chi connectivity index (χ0v) is 12.5. The predicted octanol–water partition coefficient (Wildman–Crippen LogP) is 4.44. The van der Waals surface area contributed by atoms with Gasteiger partial charge in [0.05, 0.1) is 12.7 Å². The Morgan fingerprint density at radius 3 is 2.24 bits per heavy atom. The third-order valence-electron chi connectivity index (χ3n) is 3.50. The lowest BCUT2D eigenvalue weighted by molar-refractivity contribution is -0.145. The van der Waals surface area contributed by atoms with Crippen LogP contribution in [0.2, 0.25) is 0 Å². The number of benzene rings is 1. The molecule has 3 rings (SSSR count). The fraction of sp³-hybridized carbons (Fsp3) is 0.200. The van der Waals surface area contributed by atoms with E-state index in [0.29, 0.717) is 0 Å². The highest BCUT2D eigenvalue weighted by Crippen LogP contribution is 2.37. The van der Waals surface area contributed by atoms with Gasteiger partial charge in [-0.05, 0) is 30.3 Å². The Morgan fingerprint density at radius 2 is 1.64 bits per heavy atom. The predicted molar refractivity (Wildman–Crippen MR) is 75.0 cm³/mol. The van der Waals surface area contributed by atoms with Gasteiger partial charge in [-0.2, -0.15) is 26.3 Å². The van der Waals surface area contributed by atoms with Crippen LogP contribution in [0.1, 0.15) is 11.4 Å². The Balaban J connectivity index is 2.16. The summed E-state index contributed by atoms with van der Waals surface area (Å²) < 4.78 is 82.9. The zero-order valence-electron chi connectivity index (χ0n) is 12.5. The van der Waals surface area contributed by atoms with E-state index in [0.717, 1.165) is 28.8 Å². The van der Waals surface area contributed by atoms with Gasteiger partial charge in [0.15, 0.2) is 5.65 Å². The van der Waals surface area contributed by atoms with Crippen LogP contribution in [-0.2, 0) is 12.4 Å². The monoisotopic (exact) mass is 361 g/mol. The van der Waals surface area contributed by atoms with Crippen LogP contribution in [0.3, 0.4) is 0 Å². The van der Waals surface area contributed by atoms with Crippen LogP contribution >= 0.6 is 0 Å². The number of nitrogens with zero attached hydrogens (tertiary/aromatic N) is 3. The Labute approximate surface area is 136 Å². The van der Waals surface area contributed by atoms with Gasteiger partial charge < -0.3 is 4.74 Å². The Hall–Kier alpha value is -2.78. The Morgan fingerprint density at radius 1 is 0.920 bits per heavy atom. The van der Waals surface area contributed by atoms with E-state index in [4.69, 9.17) is 4.74 Å². The maximum absolute atomic E-state index is 12.9. The second-order valence-corrected chi connectivity index (χ2v) is 5.08. The number of alkyl halides is 6. The average molecular weight is 361 g/mol. The van der Waals surface area contributed by atoms with Gasteiger partial charge in [-0.1, -0.05) is 0 Å². The number of fused-ring (bicyclic) bond motifs is 1. The van der Waals surface area contributed by atoms with Crippen molar-refractivity contribution < 1.29 is 31.1 Å². The minimum atomic E-state index is -4.72. The number of methoxy groups -OCH3 is 1. The lowest BCUT2D eigenvalue weighted by Crippen LogP contribution is -2.10. The minimum absolute atomic E-state index is 0.0399. The van der Waals surface area contributed by atoms with Crippen molar-refractivity contribution in [3.8, 4) is 16.9 Å². The summed E-state index contributed by atoms with van der Waals surface area (Å²) in [5.41, 5.74) is -0.529. The van der Waals surface area contributed by atoms with E-state index >= 15 is 0 Å². The number of halogens is 6. The number of aromatic nitrogens is 3. The van der Waals surface area contributed by atoms with Crippen molar-refractivity contribution in [3.05, 3.63) is 47.9 Å². The van der Waals surface area contributed by atoms with Gasteiger partial charge >= 0.3 is 12.4 Å². The molecule has 0 unspecified atom stereocenters. The van der Waals surface area contributed by atoms with Crippen molar-refractivity contribution in [1.82, 2.24) is 14.6 Å². The first-order valence-corrected chi connectivity index (χ1v) is 6.79. The number of pyridine rings is 1. The molecule has 0 bridgehead atoms. The zero-order chi connectivity index (χ0) is 18.4. The van der Waals surface area contributed by atoms with Crippen molar-refractivity contribution in [2.45, 2.75) is 12.4 Å². The minimum Gasteiger partial charge on any atom is -0.496 e. The second-order valence-electron chi connectivity index (χ2n) is 5.08. The van der Waals surface area contributed by atoms with E-state index in [9.17, 15) is 26.3 Å². The summed E-state index contributed by atoms with van der Waals surface area (Å²) >= 11 is 0. The normalized spacial score (nSPS) is 12.6. The largest absolute Gasteiger partial charge is 0.496 e. The van der Waals surface area contributed by atoms with Gasteiger partial charge in [0.1, 0.15) is 5.75 Å². The Kier molecular flexibility index (Phi) is 3.85. The van der Waals surface area contributed by atoms with E-state index in [1.807, 2.05) is 0 Å². The van der Waals surface area contributed by atoms with Crippen molar-refractivity contribution >= 4 is 5.65 Å². The highest BCUT2D eigenvalue weighted by atomic mass is 19.4. The van der Waals surface area contributed by atoms with Crippen LogP contribution in [0.4, 0.5) is 26.3 Å². The quantitative estimate of drug-likeness (QED) is 0.634. The van der Waals surface area contributed by atoms with E-state index < -0.39 is 23.7 Å². The van der Waals surface area contributed by atoms with E-state index in [2.05, 4.69) is 10.2 Å². The molecule has 0 radical (unpaired) electrons. The summed E-state index contributed by atoms with van der Waals surface area (Å²) in [5.74, 6) is -1.34. The van der Waals surface area contributed by atoms with Crippen LogP contribution < -0.4 is 4.74 Å². The number of hydrogen-bond donors (Lipinski definition) is 0. The molecule has 3 aromatic rings. The molecule has 0 aliphatic rings. The van der Waals surface area contributed by atoms with Crippen molar-refractivity contribution in [3.63, 3.8) is 0 Å². The summed E-state index contributed by atoms with van der Waals surface area (Å²) in [4.78, 5) is 0. The first kappa shape index (κ1) is 17.1. The van der Waals surface area contributed by atoms with Gasteiger partial charge in [-0.25, -0.2) is 0 Å². The topological polar surface area (TPSA) is 39.4 Å². The van der Waals surface area contributed by atoms with Crippen LogP contribution in [-0.4, -0.2) is 21.7 Å². The fourth-order valence-electron chi connectivity index (χ4n) is 2.35. The van der Waals surface area contributed by atoms with Gasteiger partial charge in [0.25, 0.3) is 0 Å². The summed E-state index contributed by atoms with van der Waals surface area (Å²) in [5, 5.41) is 6.52. The molecule has 0 fully saturated rings. The lowest BCUT2D eigenvalue weighted by atomic mass is 10.0. The highest BCUT2D eigenvalue weighted by molar-refractivity contribution is 5.71. The molecule has 0 atom stereocenters. The first-order valence-electron chi connectivity index (χ1n) is 6.79. The number of rotatable bonds is 2. The molecule has 10 heteroatoms. The number of hydrogen-bond acceptors (Lipinski definition) is 3. The molecule has 25 heavy (non-hydrogen) atoms. The highest BCUT2D eigenvalue weighted by Gasteiger charge is 2.37. The molecule has 132 valence electrons. The van der Waals surface area contributed by atoms with Crippen LogP contribution in [0, 0.1) is 0 Å². The summed E-state index contributed by atoms with van der Waals surface area (Å²) in [6.07, 6.45) is -8.18. The molecule has 0 saturated heterocycles. The van der Waals surface area contributed by atoms with Crippen molar-refractivity contribution in [2.24, 2.45) is 0 Å². The second kappa shape index (κ2) is 5.64. The molecule has 0 amide bonds. The third-order valence-corrected chi connectivity index (χ3v) is 3.50. The molecular formula is C15H9F6N3O. The summed E-state index contributed by atoms with van der Waals surface area (Å²) in [6.45, 7) is 0. The van der Waals surface area contributed by atoms with E-state index in [-0.39, 0.29) is 22.5 Å². The average Bonchev–Trinajstić information content (AvgIpc) is 2.96. The van der Waals surface area contributed by atoms with Crippen molar-refractivity contribution in [1.29, 1.82) is 0 Å². The van der Waals surface area contributed by atoms with Gasteiger partial charge in [0, 0.05) is 17.3 Å². The maximum atomic E-state index is 12.9. The Bertz CT molecular complexity index is 929. The molecule has 1 aromatic carbocycles. The van der Waals surface area contributed by atoms with Crippen LogP contribution in [0.15, 0.2) is 36.5 Å². The van der Waals surface area contributed by atoms with Gasteiger partial charge in [-0.3, -0.25) is 4.40 Å². The molecule has 0 N–H and O–H groups in total. The molecular weight excluding hydrogens is 352 g/mol. The van der Waals surface area contributed by atoms with E-state index in [1.54, 1.807) is 0 Å². The first-order chi connectivity index (χ1) is 11.6. The molecule has 0 aliphatic heterocycles. The number of ether oxygens (including phenoxy) is 1. The molecule has 4 nitrogen and oxygen atoms in total. The molecule has 0 saturated carbocycles. The maximum Gasteiger partial charge on any atom is 0.452 e. The third kappa shape index (κ3) is 3.11. The SMILES string of the molecule is COc1cc(C(F)(F)F)ccc1-c1ccc2nnc(C(F)(F)F)n2c1. The lowest BCUT2D eigenvalue weighted by Gasteiger charge is -2.13.